The Morgan fingerprint density at radius 3 is 1.68 bits per heavy atom. The Kier molecular flexibility index (Phi) is 27.4. The Bertz CT molecular complexity index is 699. The fourth-order valence-electron chi connectivity index (χ4n) is 4.05. The predicted molar refractivity (Wildman–Crippen MR) is 162 cm³/mol. The van der Waals surface area contributed by atoms with E-state index in [1.54, 1.807) is 0 Å². The highest BCUT2D eigenvalue weighted by Gasteiger charge is 2.17. The van der Waals surface area contributed by atoms with Crippen molar-refractivity contribution in [2.45, 2.75) is 142 Å². The standard InChI is InChI=1S/C34H56O4/c1-3-5-7-9-11-12-13-14-15-16-17-18-19-20-21-22-24-26-28-30-34(37)38-32(31-33(35)36)29-27-25-23-10-8-6-4-2/h5,7,11-12,14-15,17-18,20-21,32H,3-4,6,8-10,13,16,19,22-31H2,1-2H3,(H,35,36)/b7-5-,12-11-,15-14-,18-17-,21-20-. The zero-order valence-electron chi connectivity index (χ0n) is 24.5. The fourth-order valence-corrected chi connectivity index (χ4v) is 4.05. The number of carboxylic acid groups (broad SMARTS) is 1. The van der Waals surface area contributed by atoms with E-state index in [2.05, 4.69) is 74.6 Å². The second kappa shape index (κ2) is 29.2. The number of esters is 1. The van der Waals surface area contributed by atoms with Crippen molar-refractivity contribution in [2.75, 3.05) is 0 Å². The minimum Gasteiger partial charge on any atom is -0.481 e. The highest BCUT2D eigenvalue weighted by molar-refractivity contribution is 5.71. The third-order valence-corrected chi connectivity index (χ3v) is 6.24. The van der Waals surface area contributed by atoms with E-state index in [-0.39, 0.29) is 12.4 Å². The Morgan fingerprint density at radius 2 is 1.13 bits per heavy atom. The van der Waals surface area contributed by atoms with Gasteiger partial charge in [-0.05, 0) is 64.2 Å². The quantitative estimate of drug-likeness (QED) is 0.0689. The molecule has 0 amide bonds. The van der Waals surface area contributed by atoms with Gasteiger partial charge in [0.25, 0.3) is 0 Å². The normalized spacial score (nSPS) is 13.1. The lowest BCUT2D eigenvalue weighted by molar-refractivity contribution is -0.153. The minimum absolute atomic E-state index is 0.0916. The van der Waals surface area contributed by atoms with Crippen LogP contribution in [0.1, 0.15) is 136 Å². The van der Waals surface area contributed by atoms with E-state index in [0.29, 0.717) is 12.8 Å². The Hall–Kier alpha value is -2.36. The summed E-state index contributed by atoms with van der Waals surface area (Å²) in [6, 6.07) is 0. The van der Waals surface area contributed by atoms with Crippen LogP contribution in [0, 0.1) is 0 Å². The summed E-state index contributed by atoms with van der Waals surface area (Å²) in [5, 5.41) is 9.13. The van der Waals surface area contributed by atoms with Crippen molar-refractivity contribution in [2.24, 2.45) is 0 Å². The molecule has 1 atom stereocenters. The number of rotatable bonds is 26. The molecule has 0 aromatic carbocycles. The van der Waals surface area contributed by atoms with Gasteiger partial charge < -0.3 is 9.84 Å². The van der Waals surface area contributed by atoms with Gasteiger partial charge in [-0.3, -0.25) is 9.59 Å². The van der Waals surface area contributed by atoms with Gasteiger partial charge in [0, 0.05) is 6.42 Å². The molecule has 0 rings (SSSR count). The molecule has 0 bridgehead atoms. The summed E-state index contributed by atoms with van der Waals surface area (Å²) in [5.41, 5.74) is 0. The molecule has 0 aromatic rings. The minimum atomic E-state index is -0.900. The zero-order chi connectivity index (χ0) is 27.9. The van der Waals surface area contributed by atoms with Gasteiger partial charge >= 0.3 is 11.9 Å². The number of allylic oxidation sites excluding steroid dienone is 10. The summed E-state index contributed by atoms with van der Waals surface area (Å²) in [4.78, 5) is 23.3. The Balaban J connectivity index is 3.79. The number of hydrogen-bond acceptors (Lipinski definition) is 3. The van der Waals surface area contributed by atoms with Crippen LogP contribution in [0.2, 0.25) is 0 Å². The van der Waals surface area contributed by atoms with E-state index < -0.39 is 12.1 Å². The van der Waals surface area contributed by atoms with Crippen LogP contribution in [0.15, 0.2) is 60.8 Å². The lowest BCUT2D eigenvalue weighted by Gasteiger charge is -2.16. The first kappa shape index (κ1) is 35.6. The van der Waals surface area contributed by atoms with Crippen LogP contribution in [0.5, 0.6) is 0 Å². The van der Waals surface area contributed by atoms with E-state index in [4.69, 9.17) is 9.84 Å². The third kappa shape index (κ3) is 28.2. The van der Waals surface area contributed by atoms with Gasteiger partial charge in [0.05, 0.1) is 6.42 Å². The number of aliphatic carboxylic acids is 1. The summed E-state index contributed by atoms with van der Waals surface area (Å²) in [7, 11) is 0. The van der Waals surface area contributed by atoms with Crippen molar-refractivity contribution >= 4 is 11.9 Å². The second-order valence-corrected chi connectivity index (χ2v) is 9.93. The van der Waals surface area contributed by atoms with Crippen LogP contribution < -0.4 is 0 Å². The van der Waals surface area contributed by atoms with Crippen LogP contribution >= 0.6 is 0 Å². The maximum Gasteiger partial charge on any atom is 0.307 e. The number of unbranched alkanes of at least 4 members (excludes halogenated alkanes) is 9. The molecular formula is C34H56O4. The van der Waals surface area contributed by atoms with Crippen molar-refractivity contribution in [3.05, 3.63) is 60.8 Å². The molecule has 4 nitrogen and oxygen atoms in total. The van der Waals surface area contributed by atoms with Crippen molar-refractivity contribution in [3.8, 4) is 0 Å². The summed E-state index contributed by atoms with van der Waals surface area (Å²) in [6.07, 6.45) is 39.5. The van der Waals surface area contributed by atoms with Gasteiger partial charge in [-0.15, -0.1) is 0 Å². The monoisotopic (exact) mass is 528 g/mol. The predicted octanol–water partition coefficient (Wildman–Crippen LogP) is 10.2. The maximum atomic E-state index is 12.2. The van der Waals surface area contributed by atoms with Gasteiger partial charge in [0.15, 0.2) is 0 Å². The average Bonchev–Trinajstić information content (AvgIpc) is 2.89. The van der Waals surface area contributed by atoms with Gasteiger partial charge in [0.2, 0.25) is 0 Å². The Morgan fingerprint density at radius 1 is 0.632 bits per heavy atom. The molecule has 0 aliphatic rings. The molecule has 4 heteroatoms. The van der Waals surface area contributed by atoms with E-state index >= 15 is 0 Å². The van der Waals surface area contributed by atoms with E-state index in [0.717, 1.165) is 70.6 Å². The number of carboxylic acids is 1. The van der Waals surface area contributed by atoms with Gasteiger partial charge in [-0.1, -0.05) is 120 Å². The van der Waals surface area contributed by atoms with E-state index in [1.165, 1.54) is 32.1 Å². The largest absolute Gasteiger partial charge is 0.481 e. The smallest absolute Gasteiger partial charge is 0.307 e. The van der Waals surface area contributed by atoms with Crippen molar-refractivity contribution in [3.63, 3.8) is 0 Å². The summed E-state index contributed by atoms with van der Waals surface area (Å²) >= 11 is 0. The molecule has 0 aliphatic carbocycles. The third-order valence-electron chi connectivity index (χ3n) is 6.24. The van der Waals surface area contributed by atoms with Gasteiger partial charge in [0.1, 0.15) is 6.10 Å². The molecule has 1 N–H and O–H groups in total. The van der Waals surface area contributed by atoms with E-state index in [1.807, 2.05) is 0 Å². The molecule has 1 unspecified atom stereocenters. The van der Waals surface area contributed by atoms with Crippen molar-refractivity contribution in [1.29, 1.82) is 0 Å². The van der Waals surface area contributed by atoms with Crippen LogP contribution in [0.4, 0.5) is 0 Å². The molecule has 216 valence electrons. The van der Waals surface area contributed by atoms with Crippen LogP contribution in [0.3, 0.4) is 0 Å². The van der Waals surface area contributed by atoms with Crippen LogP contribution in [-0.4, -0.2) is 23.1 Å². The molecule has 0 aliphatic heterocycles. The van der Waals surface area contributed by atoms with Crippen molar-refractivity contribution < 1.29 is 19.4 Å². The SMILES string of the molecule is CC/C=C\C/C=C\C/C=C\C/C=C\C/C=C\CCCCCC(=O)OC(CCCCCCCCC)CC(=O)O. The molecular weight excluding hydrogens is 472 g/mol. The fraction of sp³-hybridized carbons (Fsp3) is 0.647. The number of carbonyl (C=O) groups is 2. The highest BCUT2D eigenvalue weighted by atomic mass is 16.5. The molecule has 0 aromatic heterocycles. The topological polar surface area (TPSA) is 63.6 Å². The second-order valence-electron chi connectivity index (χ2n) is 9.93. The Labute approximate surface area is 234 Å². The molecule has 0 radical (unpaired) electrons. The first-order chi connectivity index (χ1) is 18.6. The summed E-state index contributed by atoms with van der Waals surface area (Å²) in [5.74, 6) is -1.16. The summed E-state index contributed by atoms with van der Waals surface area (Å²) in [6.45, 7) is 4.36. The molecule has 0 spiro atoms. The number of hydrogen-bond donors (Lipinski definition) is 1. The number of carbonyl (C=O) groups excluding carboxylic acids is 1. The van der Waals surface area contributed by atoms with Gasteiger partial charge in [-0.25, -0.2) is 0 Å². The molecule has 0 saturated carbocycles. The molecule has 38 heavy (non-hydrogen) atoms. The zero-order valence-corrected chi connectivity index (χ0v) is 24.5. The van der Waals surface area contributed by atoms with Crippen LogP contribution in [0.25, 0.3) is 0 Å². The number of ether oxygens (including phenoxy) is 1. The molecule has 0 fully saturated rings. The first-order valence-electron chi connectivity index (χ1n) is 15.3. The van der Waals surface area contributed by atoms with Crippen molar-refractivity contribution in [1.82, 2.24) is 0 Å². The van der Waals surface area contributed by atoms with Gasteiger partial charge in [-0.2, -0.15) is 0 Å². The average molecular weight is 529 g/mol. The maximum absolute atomic E-state index is 12.2. The highest BCUT2D eigenvalue weighted by Crippen LogP contribution is 2.15. The first-order valence-corrected chi connectivity index (χ1v) is 15.3. The lowest BCUT2D eigenvalue weighted by Crippen LogP contribution is -2.21. The summed E-state index contributed by atoms with van der Waals surface area (Å²) < 4.78 is 5.49. The van der Waals surface area contributed by atoms with E-state index in [9.17, 15) is 9.59 Å². The lowest BCUT2D eigenvalue weighted by atomic mass is 10.0. The molecule has 0 saturated heterocycles. The molecule has 0 heterocycles. The van der Waals surface area contributed by atoms with Crippen LogP contribution in [-0.2, 0) is 14.3 Å².